The molecule has 2 aromatic carbocycles. The number of hydrogen-bond donors (Lipinski definition) is 2. The predicted molar refractivity (Wildman–Crippen MR) is 109 cm³/mol. The molecule has 2 N–H and O–H groups in total. The fourth-order valence-electron chi connectivity index (χ4n) is 4.00. The largest absolute Gasteiger partial charge is 0.371 e. The smallest absolute Gasteiger partial charge is 0.264 e. The minimum absolute atomic E-state index is 0.0460. The van der Waals surface area contributed by atoms with Crippen LogP contribution >= 0.6 is 11.6 Å². The maximum atomic E-state index is 15.4. The second kappa shape index (κ2) is 6.29. The van der Waals surface area contributed by atoms with Crippen molar-refractivity contribution in [1.29, 1.82) is 0 Å². The summed E-state index contributed by atoms with van der Waals surface area (Å²) in [7, 11) is 0. The molecule has 2 heterocycles. The molecule has 28 heavy (non-hydrogen) atoms. The van der Waals surface area contributed by atoms with E-state index in [0.29, 0.717) is 29.3 Å². The van der Waals surface area contributed by atoms with Crippen molar-refractivity contribution in [2.75, 3.05) is 18.4 Å². The first-order valence-electron chi connectivity index (χ1n) is 9.44. The van der Waals surface area contributed by atoms with Gasteiger partial charge in [-0.15, -0.1) is 0 Å². The third kappa shape index (κ3) is 2.63. The lowest BCUT2D eigenvalue weighted by Crippen LogP contribution is -2.62. The SMILES string of the molecule is Cc1c(Cl)cccc1C1(Nc2ccc3ncn(C4CC4)c(=O)c3c2F)CNC1. The zero-order chi connectivity index (χ0) is 19.5. The van der Waals surface area contributed by atoms with Crippen LogP contribution in [0.1, 0.15) is 30.0 Å². The minimum Gasteiger partial charge on any atom is -0.371 e. The molecule has 5 rings (SSSR count). The summed E-state index contributed by atoms with van der Waals surface area (Å²) in [6, 6.07) is 9.27. The molecule has 2 fully saturated rings. The van der Waals surface area contributed by atoms with Crippen molar-refractivity contribution in [2.45, 2.75) is 31.3 Å². The average Bonchev–Trinajstić information content (AvgIpc) is 3.48. The van der Waals surface area contributed by atoms with Crippen LogP contribution in [0.5, 0.6) is 0 Å². The number of halogens is 2. The lowest BCUT2D eigenvalue weighted by Gasteiger charge is -2.45. The summed E-state index contributed by atoms with van der Waals surface area (Å²) in [4.78, 5) is 17.1. The van der Waals surface area contributed by atoms with Gasteiger partial charge in [0.25, 0.3) is 5.56 Å². The van der Waals surface area contributed by atoms with Gasteiger partial charge in [0.2, 0.25) is 0 Å². The number of rotatable bonds is 4. The first kappa shape index (κ1) is 17.6. The van der Waals surface area contributed by atoms with Crippen LogP contribution in [0.4, 0.5) is 10.1 Å². The normalized spacial score (nSPS) is 18.1. The number of aromatic nitrogens is 2. The van der Waals surface area contributed by atoms with E-state index in [9.17, 15) is 4.79 Å². The number of benzene rings is 2. The second-order valence-corrected chi connectivity index (χ2v) is 8.14. The molecule has 7 heteroatoms. The predicted octanol–water partition coefficient (Wildman–Crippen LogP) is 3.74. The summed E-state index contributed by atoms with van der Waals surface area (Å²) >= 11 is 6.31. The Morgan fingerprint density at radius 2 is 2.07 bits per heavy atom. The first-order chi connectivity index (χ1) is 13.5. The van der Waals surface area contributed by atoms with Gasteiger partial charge in [0.05, 0.1) is 23.1 Å². The van der Waals surface area contributed by atoms with Crippen molar-refractivity contribution in [3.8, 4) is 0 Å². The van der Waals surface area contributed by atoms with Crippen molar-refractivity contribution in [1.82, 2.24) is 14.9 Å². The Labute approximate surface area is 166 Å². The minimum atomic E-state index is -0.545. The lowest BCUT2D eigenvalue weighted by molar-refractivity contribution is 0.315. The van der Waals surface area contributed by atoms with Crippen molar-refractivity contribution in [3.05, 3.63) is 69.0 Å². The Hall–Kier alpha value is -2.44. The van der Waals surface area contributed by atoms with E-state index >= 15 is 4.39 Å². The highest BCUT2D eigenvalue weighted by atomic mass is 35.5. The van der Waals surface area contributed by atoms with Crippen LogP contribution in [0.25, 0.3) is 10.9 Å². The van der Waals surface area contributed by atoms with Crippen LogP contribution < -0.4 is 16.2 Å². The molecule has 0 radical (unpaired) electrons. The molecular weight excluding hydrogens is 379 g/mol. The maximum absolute atomic E-state index is 15.4. The topological polar surface area (TPSA) is 59.0 Å². The maximum Gasteiger partial charge on any atom is 0.264 e. The van der Waals surface area contributed by atoms with Gasteiger partial charge in [-0.1, -0.05) is 23.7 Å². The van der Waals surface area contributed by atoms with Gasteiger partial charge in [-0.3, -0.25) is 9.36 Å². The third-order valence-corrected chi connectivity index (χ3v) is 6.25. The Morgan fingerprint density at radius 1 is 1.29 bits per heavy atom. The Bertz CT molecular complexity index is 1150. The molecular formula is C21H20ClFN4O. The summed E-state index contributed by atoms with van der Waals surface area (Å²) in [6.45, 7) is 3.25. The number of hydrogen-bond acceptors (Lipinski definition) is 4. The average molecular weight is 399 g/mol. The van der Waals surface area contributed by atoms with E-state index in [1.807, 2.05) is 25.1 Å². The quantitative estimate of drug-likeness (QED) is 0.702. The first-order valence-corrected chi connectivity index (χ1v) is 9.82. The van der Waals surface area contributed by atoms with Gasteiger partial charge in [-0.2, -0.15) is 0 Å². The molecule has 1 aliphatic heterocycles. The van der Waals surface area contributed by atoms with Gasteiger partial charge in [-0.25, -0.2) is 9.37 Å². The number of fused-ring (bicyclic) bond motifs is 1. The standard InChI is InChI=1S/C21H20ClFN4O/c1-12-14(3-2-4-15(12)22)21(9-24-10-21)26-17-8-7-16-18(19(17)23)20(28)27(11-25-16)13-5-6-13/h2-4,7-8,11,13,24,26H,5-6,9-10H2,1H3. The van der Waals surface area contributed by atoms with Crippen LogP contribution in [-0.2, 0) is 5.54 Å². The molecule has 144 valence electrons. The molecule has 0 amide bonds. The number of nitrogens with zero attached hydrogens (tertiary/aromatic N) is 2. The highest BCUT2D eigenvalue weighted by Gasteiger charge is 2.40. The van der Waals surface area contributed by atoms with Crippen molar-refractivity contribution < 1.29 is 4.39 Å². The monoisotopic (exact) mass is 398 g/mol. The molecule has 2 aliphatic rings. The fourth-order valence-corrected chi connectivity index (χ4v) is 4.17. The van der Waals surface area contributed by atoms with Crippen molar-refractivity contribution >= 4 is 28.2 Å². The Balaban J connectivity index is 1.61. The summed E-state index contributed by atoms with van der Waals surface area (Å²) < 4.78 is 17.0. The second-order valence-electron chi connectivity index (χ2n) is 7.73. The van der Waals surface area contributed by atoms with Crippen molar-refractivity contribution in [3.63, 3.8) is 0 Å². The molecule has 1 aromatic heterocycles. The van der Waals surface area contributed by atoms with E-state index in [4.69, 9.17) is 11.6 Å². The van der Waals surface area contributed by atoms with Gasteiger partial charge in [-0.05, 0) is 49.1 Å². The molecule has 1 saturated heterocycles. The Morgan fingerprint density at radius 3 is 2.75 bits per heavy atom. The van der Waals surface area contributed by atoms with Crippen LogP contribution in [0.2, 0.25) is 5.02 Å². The number of nitrogens with one attached hydrogen (secondary N) is 2. The zero-order valence-electron chi connectivity index (χ0n) is 15.4. The lowest BCUT2D eigenvalue weighted by atomic mass is 9.81. The van der Waals surface area contributed by atoms with Gasteiger partial charge in [0.1, 0.15) is 5.39 Å². The van der Waals surface area contributed by atoms with E-state index in [2.05, 4.69) is 15.6 Å². The van der Waals surface area contributed by atoms with E-state index in [1.54, 1.807) is 16.7 Å². The Kier molecular flexibility index (Phi) is 3.96. The summed E-state index contributed by atoms with van der Waals surface area (Å²) in [5.41, 5.74) is 1.90. The van der Waals surface area contributed by atoms with Gasteiger partial charge in [0, 0.05) is 24.2 Å². The van der Waals surface area contributed by atoms with E-state index in [1.165, 1.54) is 6.33 Å². The fraction of sp³-hybridized carbons (Fsp3) is 0.333. The van der Waals surface area contributed by atoms with Gasteiger partial charge >= 0.3 is 0 Å². The van der Waals surface area contributed by atoms with E-state index in [0.717, 1.165) is 24.0 Å². The van der Waals surface area contributed by atoms with Crippen molar-refractivity contribution in [2.24, 2.45) is 0 Å². The highest BCUT2D eigenvalue weighted by Crippen LogP contribution is 2.37. The molecule has 3 aromatic rings. The van der Waals surface area contributed by atoms with Crippen LogP contribution in [0.3, 0.4) is 0 Å². The van der Waals surface area contributed by atoms with Gasteiger partial charge < -0.3 is 10.6 Å². The molecule has 0 bridgehead atoms. The van der Waals surface area contributed by atoms with Crippen LogP contribution in [-0.4, -0.2) is 22.6 Å². The molecule has 0 spiro atoms. The summed E-state index contributed by atoms with van der Waals surface area (Å²) in [5, 5.41) is 7.35. The summed E-state index contributed by atoms with van der Waals surface area (Å²) in [6.07, 6.45) is 3.41. The van der Waals surface area contributed by atoms with Crippen LogP contribution in [0, 0.1) is 12.7 Å². The molecule has 0 atom stereocenters. The van der Waals surface area contributed by atoms with Gasteiger partial charge in [0.15, 0.2) is 5.82 Å². The molecule has 1 aliphatic carbocycles. The molecule has 5 nitrogen and oxygen atoms in total. The molecule has 1 saturated carbocycles. The van der Waals surface area contributed by atoms with E-state index in [-0.39, 0.29) is 17.0 Å². The highest BCUT2D eigenvalue weighted by molar-refractivity contribution is 6.31. The summed E-state index contributed by atoms with van der Waals surface area (Å²) in [5.74, 6) is -0.545. The zero-order valence-corrected chi connectivity index (χ0v) is 16.2. The van der Waals surface area contributed by atoms with Crippen LogP contribution in [0.15, 0.2) is 41.5 Å². The molecule has 0 unspecified atom stereocenters. The van der Waals surface area contributed by atoms with E-state index < -0.39 is 11.4 Å². The number of anilines is 1. The third-order valence-electron chi connectivity index (χ3n) is 5.84.